The quantitative estimate of drug-likeness (QED) is 0.756. The summed E-state index contributed by atoms with van der Waals surface area (Å²) in [6.07, 6.45) is 3.56. The van der Waals surface area contributed by atoms with Gasteiger partial charge in [-0.25, -0.2) is 0 Å². The van der Waals surface area contributed by atoms with Gasteiger partial charge in [0, 0.05) is 18.7 Å². The van der Waals surface area contributed by atoms with Crippen LogP contribution in [0.15, 0.2) is 54.6 Å². The zero-order valence-electron chi connectivity index (χ0n) is 13.5. The summed E-state index contributed by atoms with van der Waals surface area (Å²) < 4.78 is 11.6. The van der Waals surface area contributed by atoms with Crippen molar-refractivity contribution in [1.29, 1.82) is 0 Å². The first-order valence-electron chi connectivity index (χ1n) is 8.49. The van der Waals surface area contributed by atoms with Gasteiger partial charge in [-0.1, -0.05) is 48.5 Å². The summed E-state index contributed by atoms with van der Waals surface area (Å²) >= 11 is 0. The molecule has 3 rings (SSSR count). The fraction of sp³-hybridized carbons (Fsp3) is 0.400. The number of benzene rings is 2. The van der Waals surface area contributed by atoms with E-state index in [4.69, 9.17) is 9.47 Å². The van der Waals surface area contributed by atoms with Gasteiger partial charge in [-0.05, 0) is 37.4 Å². The molecule has 1 atom stereocenters. The molecule has 1 aliphatic heterocycles. The molecule has 0 saturated carbocycles. The lowest BCUT2D eigenvalue weighted by Crippen LogP contribution is -2.19. The van der Waals surface area contributed by atoms with E-state index in [1.54, 1.807) is 0 Å². The lowest BCUT2D eigenvalue weighted by atomic mass is 10.1. The number of hydrogen-bond acceptors (Lipinski definition) is 3. The molecule has 0 aliphatic carbocycles. The standard InChI is InChI=1S/C20H25NO2/c1-2-7-17(8-3-1)12-13-21-15-18-9-4-5-11-20(18)23-16-19-10-6-14-22-19/h1-5,7-9,11,19,21H,6,10,12-16H2. The molecule has 0 bridgehead atoms. The van der Waals surface area contributed by atoms with E-state index >= 15 is 0 Å². The molecule has 1 heterocycles. The van der Waals surface area contributed by atoms with Gasteiger partial charge in [-0.2, -0.15) is 0 Å². The van der Waals surface area contributed by atoms with Crippen LogP contribution in [0.5, 0.6) is 5.75 Å². The number of rotatable bonds is 8. The second-order valence-electron chi connectivity index (χ2n) is 5.97. The zero-order chi connectivity index (χ0) is 15.7. The van der Waals surface area contributed by atoms with Crippen LogP contribution in [0.1, 0.15) is 24.0 Å². The van der Waals surface area contributed by atoms with E-state index in [0.29, 0.717) is 6.61 Å². The lowest BCUT2D eigenvalue weighted by Gasteiger charge is -2.15. The monoisotopic (exact) mass is 311 g/mol. The number of ether oxygens (including phenoxy) is 2. The molecule has 3 nitrogen and oxygen atoms in total. The molecule has 1 N–H and O–H groups in total. The normalized spacial score (nSPS) is 17.3. The van der Waals surface area contributed by atoms with Gasteiger partial charge in [-0.15, -0.1) is 0 Å². The summed E-state index contributed by atoms with van der Waals surface area (Å²) in [5, 5.41) is 3.51. The highest BCUT2D eigenvalue weighted by atomic mass is 16.5. The van der Waals surface area contributed by atoms with E-state index in [0.717, 1.165) is 44.7 Å². The summed E-state index contributed by atoms with van der Waals surface area (Å²) in [7, 11) is 0. The molecule has 0 radical (unpaired) electrons. The maximum Gasteiger partial charge on any atom is 0.123 e. The molecule has 0 spiro atoms. The molecule has 1 saturated heterocycles. The van der Waals surface area contributed by atoms with Gasteiger partial charge in [0.25, 0.3) is 0 Å². The summed E-state index contributed by atoms with van der Waals surface area (Å²) in [6, 6.07) is 18.8. The van der Waals surface area contributed by atoms with Gasteiger partial charge < -0.3 is 14.8 Å². The van der Waals surface area contributed by atoms with Crippen LogP contribution in [0.25, 0.3) is 0 Å². The smallest absolute Gasteiger partial charge is 0.123 e. The van der Waals surface area contributed by atoms with Crippen molar-refractivity contribution in [2.75, 3.05) is 19.8 Å². The highest BCUT2D eigenvalue weighted by Crippen LogP contribution is 2.20. The third-order valence-electron chi connectivity index (χ3n) is 4.17. The van der Waals surface area contributed by atoms with Crippen LogP contribution in [0, 0.1) is 0 Å². The lowest BCUT2D eigenvalue weighted by molar-refractivity contribution is 0.0676. The fourth-order valence-electron chi connectivity index (χ4n) is 2.85. The fourth-order valence-corrected chi connectivity index (χ4v) is 2.85. The minimum absolute atomic E-state index is 0.258. The van der Waals surface area contributed by atoms with Crippen molar-refractivity contribution in [2.45, 2.75) is 31.9 Å². The summed E-state index contributed by atoms with van der Waals surface area (Å²) in [5.41, 5.74) is 2.57. The summed E-state index contributed by atoms with van der Waals surface area (Å²) in [4.78, 5) is 0. The van der Waals surface area contributed by atoms with Gasteiger partial charge in [-0.3, -0.25) is 0 Å². The molecule has 23 heavy (non-hydrogen) atoms. The molecule has 3 heteroatoms. The second-order valence-corrected chi connectivity index (χ2v) is 5.97. The van der Waals surface area contributed by atoms with Crippen LogP contribution in [0.3, 0.4) is 0 Å². The largest absolute Gasteiger partial charge is 0.491 e. The Morgan fingerprint density at radius 3 is 2.70 bits per heavy atom. The third kappa shape index (κ3) is 5.08. The summed E-state index contributed by atoms with van der Waals surface area (Å²) in [6.45, 7) is 3.32. The van der Waals surface area contributed by atoms with Crippen LogP contribution in [-0.4, -0.2) is 25.9 Å². The molecule has 2 aromatic carbocycles. The van der Waals surface area contributed by atoms with Crippen LogP contribution in [0.4, 0.5) is 0 Å². The molecule has 122 valence electrons. The SMILES string of the molecule is c1ccc(CCNCc2ccccc2OCC2CCCO2)cc1. The van der Waals surface area contributed by atoms with Crippen LogP contribution >= 0.6 is 0 Å². The Morgan fingerprint density at radius 1 is 1.04 bits per heavy atom. The first-order valence-corrected chi connectivity index (χ1v) is 8.49. The zero-order valence-corrected chi connectivity index (χ0v) is 13.5. The van der Waals surface area contributed by atoms with Crippen molar-refractivity contribution >= 4 is 0 Å². The molecule has 0 amide bonds. The summed E-state index contributed by atoms with van der Waals surface area (Å²) in [5.74, 6) is 0.968. The molecule has 0 aromatic heterocycles. The van der Waals surface area contributed by atoms with E-state index in [-0.39, 0.29) is 6.10 Å². The van der Waals surface area contributed by atoms with Gasteiger partial charge in [0.15, 0.2) is 0 Å². The minimum Gasteiger partial charge on any atom is -0.491 e. The third-order valence-corrected chi connectivity index (χ3v) is 4.17. The molecule has 1 fully saturated rings. The number of nitrogens with one attached hydrogen (secondary N) is 1. The molecule has 2 aromatic rings. The number of hydrogen-bond donors (Lipinski definition) is 1. The van der Waals surface area contributed by atoms with Crippen LogP contribution in [0.2, 0.25) is 0 Å². The van der Waals surface area contributed by atoms with Crippen molar-refractivity contribution in [2.24, 2.45) is 0 Å². The Bertz CT molecular complexity index is 579. The Balaban J connectivity index is 1.45. The van der Waals surface area contributed by atoms with Crippen LogP contribution in [-0.2, 0) is 17.7 Å². The average Bonchev–Trinajstić information content (AvgIpc) is 3.12. The molecular weight excluding hydrogens is 286 g/mol. The maximum absolute atomic E-state index is 5.97. The number of para-hydroxylation sites is 1. The predicted octanol–water partition coefficient (Wildman–Crippen LogP) is 3.58. The van der Waals surface area contributed by atoms with Gasteiger partial charge >= 0.3 is 0 Å². The van der Waals surface area contributed by atoms with Crippen molar-refractivity contribution in [3.8, 4) is 5.75 Å². The first kappa shape index (κ1) is 16.0. The highest BCUT2D eigenvalue weighted by Gasteiger charge is 2.16. The molecule has 1 unspecified atom stereocenters. The molecule has 1 aliphatic rings. The van der Waals surface area contributed by atoms with Crippen molar-refractivity contribution < 1.29 is 9.47 Å². The van der Waals surface area contributed by atoms with E-state index in [1.807, 2.05) is 12.1 Å². The maximum atomic E-state index is 5.97. The van der Waals surface area contributed by atoms with E-state index in [9.17, 15) is 0 Å². The second kappa shape index (κ2) is 8.70. The van der Waals surface area contributed by atoms with E-state index in [1.165, 1.54) is 11.1 Å². The average molecular weight is 311 g/mol. The van der Waals surface area contributed by atoms with Crippen molar-refractivity contribution in [3.05, 3.63) is 65.7 Å². The predicted molar refractivity (Wildman–Crippen MR) is 92.8 cm³/mol. The van der Waals surface area contributed by atoms with Gasteiger partial charge in [0.05, 0.1) is 6.10 Å². The Labute approximate surface area is 138 Å². The highest BCUT2D eigenvalue weighted by molar-refractivity contribution is 5.33. The minimum atomic E-state index is 0.258. The van der Waals surface area contributed by atoms with E-state index in [2.05, 4.69) is 47.8 Å². The Hall–Kier alpha value is -1.84. The first-order chi connectivity index (χ1) is 11.4. The Morgan fingerprint density at radius 2 is 1.87 bits per heavy atom. The van der Waals surface area contributed by atoms with Crippen molar-refractivity contribution in [3.63, 3.8) is 0 Å². The van der Waals surface area contributed by atoms with E-state index < -0.39 is 0 Å². The Kier molecular flexibility index (Phi) is 6.07. The van der Waals surface area contributed by atoms with Gasteiger partial charge in [0.2, 0.25) is 0 Å². The topological polar surface area (TPSA) is 30.5 Å². The molecular formula is C20H25NO2. The van der Waals surface area contributed by atoms with Crippen LogP contribution < -0.4 is 10.1 Å². The van der Waals surface area contributed by atoms with Crippen molar-refractivity contribution in [1.82, 2.24) is 5.32 Å². The van der Waals surface area contributed by atoms with Gasteiger partial charge in [0.1, 0.15) is 12.4 Å².